The highest BCUT2D eigenvalue weighted by molar-refractivity contribution is 9.10. The molecular formula is C14H13BrClNS. The Bertz CT molecular complexity index is 567. The van der Waals surface area contributed by atoms with Crippen molar-refractivity contribution in [2.75, 3.05) is 0 Å². The zero-order valence-corrected chi connectivity index (χ0v) is 12.9. The van der Waals surface area contributed by atoms with Gasteiger partial charge in [0.1, 0.15) is 0 Å². The number of nitrogens with one attached hydrogen (secondary N) is 1. The summed E-state index contributed by atoms with van der Waals surface area (Å²) in [6.07, 6.45) is 2.30. The summed E-state index contributed by atoms with van der Waals surface area (Å²) in [4.78, 5) is 1.37. The molecule has 1 aromatic carbocycles. The first-order valence-electron chi connectivity index (χ1n) is 5.97. The fourth-order valence-electron chi connectivity index (χ4n) is 2.47. The summed E-state index contributed by atoms with van der Waals surface area (Å²) in [6, 6.07) is 8.89. The minimum Gasteiger partial charge on any atom is -0.305 e. The largest absolute Gasteiger partial charge is 0.305 e. The molecule has 3 rings (SSSR count). The highest BCUT2D eigenvalue weighted by Crippen LogP contribution is 2.33. The van der Waals surface area contributed by atoms with E-state index in [4.69, 9.17) is 11.6 Å². The lowest BCUT2D eigenvalue weighted by atomic mass is 10.1. The third-order valence-corrected chi connectivity index (χ3v) is 5.26. The first-order valence-corrected chi connectivity index (χ1v) is 8.02. The minimum absolute atomic E-state index is 0.471. The van der Waals surface area contributed by atoms with Crippen LogP contribution in [-0.2, 0) is 13.0 Å². The van der Waals surface area contributed by atoms with Crippen LogP contribution in [0.15, 0.2) is 34.1 Å². The van der Waals surface area contributed by atoms with Crippen LogP contribution in [-0.4, -0.2) is 0 Å². The molecule has 0 aliphatic heterocycles. The monoisotopic (exact) mass is 341 g/mol. The third-order valence-electron chi connectivity index (χ3n) is 3.33. The molecule has 0 fully saturated rings. The fraction of sp³-hybridized carbons (Fsp3) is 0.286. The second kappa shape index (κ2) is 5.33. The van der Waals surface area contributed by atoms with E-state index in [1.165, 1.54) is 26.9 Å². The van der Waals surface area contributed by atoms with Crippen molar-refractivity contribution in [2.24, 2.45) is 0 Å². The summed E-state index contributed by atoms with van der Waals surface area (Å²) in [5.41, 5.74) is 2.81. The van der Waals surface area contributed by atoms with Gasteiger partial charge in [-0.1, -0.05) is 17.7 Å². The minimum atomic E-state index is 0.471. The number of hydrogen-bond donors (Lipinski definition) is 1. The van der Waals surface area contributed by atoms with Gasteiger partial charge in [-0.15, -0.1) is 11.3 Å². The van der Waals surface area contributed by atoms with Gasteiger partial charge in [-0.3, -0.25) is 0 Å². The Labute approximate surface area is 124 Å². The smallest absolute Gasteiger partial charge is 0.0408 e. The molecular weight excluding hydrogens is 330 g/mol. The summed E-state index contributed by atoms with van der Waals surface area (Å²) >= 11 is 11.3. The highest BCUT2D eigenvalue weighted by Gasteiger charge is 2.21. The summed E-state index contributed by atoms with van der Waals surface area (Å²) in [5, 5.41) is 6.60. The number of thiophene rings is 1. The van der Waals surface area contributed by atoms with Crippen molar-refractivity contribution < 1.29 is 0 Å². The first kappa shape index (κ1) is 12.7. The molecule has 2 aromatic rings. The molecule has 94 valence electrons. The topological polar surface area (TPSA) is 12.0 Å². The maximum absolute atomic E-state index is 6.02. The Morgan fingerprint density at radius 3 is 3.06 bits per heavy atom. The van der Waals surface area contributed by atoms with Crippen molar-refractivity contribution in [2.45, 2.75) is 25.4 Å². The number of rotatable bonds is 3. The molecule has 1 aliphatic carbocycles. The second-order valence-corrected chi connectivity index (χ2v) is 6.89. The maximum atomic E-state index is 6.02. The van der Waals surface area contributed by atoms with Crippen LogP contribution in [0.1, 0.15) is 28.5 Å². The molecule has 0 saturated carbocycles. The number of fused-ring (bicyclic) bond motifs is 1. The summed E-state index contributed by atoms with van der Waals surface area (Å²) in [7, 11) is 0. The lowest BCUT2D eigenvalue weighted by Gasteiger charge is -2.13. The quantitative estimate of drug-likeness (QED) is 0.833. The van der Waals surface area contributed by atoms with Gasteiger partial charge in [0.15, 0.2) is 0 Å². The van der Waals surface area contributed by atoms with E-state index < -0.39 is 0 Å². The van der Waals surface area contributed by atoms with Crippen LogP contribution in [0.4, 0.5) is 0 Å². The van der Waals surface area contributed by atoms with E-state index in [-0.39, 0.29) is 0 Å². The zero-order chi connectivity index (χ0) is 12.5. The molecule has 1 N–H and O–H groups in total. The zero-order valence-electron chi connectivity index (χ0n) is 9.75. The third kappa shape index (κ3) is 2.64. The van der Waals surface area contributed by atoms with E-state index in [0.29, 0.717) is 6.04 Å². The van der Waals surface area contributed by atoms with Crippen molar-refractivity contribution in [3.63, 3.8) is 0 Å². The molecule has 0 amide bonds. The Hall–Kier alpha value is -0.350. The average molecular weight is 343 g/mol. The normalized spacial score (nSPS) is 18.0. The molecule has 1 unspecified atom stereocenters. The van der Waals surface area contributed by atoms with Gasteiger partial charge in [-0.05, 0) is 58.1 Å². The van der Waals surface area contributed by atoms with Gasteiger partial charge >= 0.3 is 0 Å². The van der Waals surface area contributed by atoms with Crippen molar-refractivity contribution in [3.8, 4) is 0 Å². The number of hydrogen-bond acceptors (Lipinski definition) is 2. The average Bonchev–Trinajstić information content (AvgIpc) is 2.92. The summed E-state index contributed by atoms with van der Waals surface area (Å²) < 4.78 is 1.17. The van der Waals surface area contributed by atoms with Crippen LogP contribution < -0.4 is 5.32 Å². The van der Waals surface area contributed by atoms with E-state index in [9.17, 15) is 0 Å². The first-order chi connectivity index (χ1) is 8.72. The number of halogens is 2. The Morgan fingerprint density at radius 2 is 2.28 bits per heavy atom. The predicted molar refractivity (Wildman–Crippen MR) is 81.4 cm³/mol. The fourth-order valence-corrected chi connectivity index (χ4v) is 4.07. The number of aryl methyl sites for hydroxylation is 1. The van der Waals surface area contributed by atoms with Gasteiger partial charge in [0.2, 0.25) is 0 Å². The molecule has 0 bridgehead atoms. The molecule has 18 heavy (non-hydrogen) atoms. The lowest BCUT2D eigenvalue weighted by molar-refractivity contribution is 0.533. The van der Waals surface area contributed by atoms with Crippen LogP contribution in [0.3, 0.4) is 0 Å². The van der Waals surface area contributed by atoms with Gasteiger partial charge < -0.3 is 5.32 Å². The molecule has 4 heteroatoms. The Kier molecular flexibility index (Phi) is 3.76. The molecule has 0 spiro atoms. The van der Waals surface area contributed by atoms with Crippen molar-refractivity contribution in [1.29, 1.82) is 0 Å². The standard InChI is InChI=1S/C14H13BrClNS/c15-10-6-12(18-8-10)7-17-14-4-1-9-5-11(16)2-3-13(9)14/h2-3,5-6,8,14,17H,1,4,7H2. The van der Waals surface area contributed by atoms with Gasteiger partial charge in [-0.2, -0.15) is 0 Å². The van der Waals surface area contributed by atoms with E-state index in [1.807, 2.05) is 6.07 Å². The highest BCUT2D eigenvalue weighted by atomic mass is 79.9. The summed E-state index contributed by atoms with van der Waals surface area (Å²) in [6.45, 7) is 0.934. The van der Waals surface area contributed by atoms with Crippen LogP contribution in [0.2, 0.25) is 5.02 Å². The van der Waals surface area contributed by atoms with Gasteiger partial charge in [0.05, 0.1) is 0 Å². The van der Waals surface area contributed by atoms with Crippen LogP contribution in [0.25, 0.3) is 0 Å². The van der Waals surface area contributed by atoms with Crippen LogP contribution in [0.5, 0.6) is 0 Å². The van der Waals surface area contributed by atoms with E-state index >= 15 is 0 Å². The lowest BCUT2D eigenvalue weighted by Crippen LogP contribution is -2.17. The molecule has 1 nitrogen and oxygen atoms in total. The molecule has 1 atom stereocenters. The Morgan fingerprint density at radius 1 is 1.39 bits per heavy atom. The summed E-state index contributed by atoms with van der Waals surface area (Å²) in [5.74, 6) is 0. The molecule has 1 aliphatic rings. The van der Waals surface area contributed by atoms with Crippen LogP contribution >= 0.6 is 38.9 Å². The Balaban J connectivity index is 1.69. The van der Waals surface area contributed by atoms with E-state index in [2.05, 4.69) is 44.8 Å². The van der Waals surface area contributed by atoms with Gasteiger partial charge in [-0.25, -0.2) is 0 Å². The molecule has 1 heterocycles. The van der Waals surface area contributed by atoms with Crippen molar-refractivity contribution in [1.82, 2.24) is 5.32 Å². The van der Waals surface area contributed by atoms with Crippen molar-refractivity contribution in [3.05, 3.63) is 55.1 Å². The molecule has 0 saturated heterocycles. The van der Waals surface area contributed by atoms with Gasteiger partial charge in [0, 0.05) is 32.3 Å². The van der Waals surface area contributed by atoms with Crippen molar-refractivity contribution >= 4 is 38.9 Å². The second-order valence-electron chi connectivity index (χ2n) is 4.55. The predicted octanol–water partition coefficient (Wildman–Crippen LogP) is 4.94. The maximum Gasteiger partial charge on any atom is 0.0408 e. The molecule has 0 radical (unpaired) electrons. The SMILES string of the molecule is Clc1ccc2c(c1)CCC2NCc1cc(Br)cs1. The van der Waals surface area contributed by atoms with Gasteiger partial charge in [0.25, 0.3) is 0 Å². The molecule has 1 aromatic heterocycles. The van der Waals surface area contributed by atoms with E-state index in [0.717, 1.165) is 18.0 Å². The van der Waals surface area contributed by atoms with Crippen LogP contribution in [0, 0.1) is 0 Å². The van der Waals surface area contributed by atoms with E-state index in [1.54, 1.807) is 11.3 Å². The number of benzene rings is 1.